The van der Waals surface area contributed by atoms with Crippen molar-refractivity contribution in [1.82, 2.24) is 10.1 Å². The molecule has 0 radical (unpaired) electrons. The van der Waals surface area contributed by atoms with E-state index in [0.717, 1.165) is 0 Å². The summed E-state index contributed by atoms with van der Waals surface area (Å²) < 4.78 is 10.3. The summed E-state index contributed by atoms with van der Waals surface area (Å²) in [5.41, 5.74) is 0.983. The fourth-order valence-corrected chi connectivity index (χ4v) is 2.08. The van der Waals surface area contributed by atoms with Gasteiger partial charge in [-0.1, -0.05) is 5.16 Å². The van der Waals surface area contributed by atoms with Crippen molar-refractivity contribution in [2.45, 2.75) is 6.42 Å². The molecule has 3 rings (SSSR count). The molecule has 2 heterocycles. The van der Waals surface area contributed by atoms with E-state index >= 15 is 0 Å². The maximum Gasteiger partial charge on any atom is 0.230 e. The first-order valence-corrected chi connectivity index (χ1v) is 6.56. The maximum atomic E-state index is 12.1. The Balaban J connectivity index is 1.82. The van der Waals surface area contributed by atoms with Crippen molar-refractivity contribution in [3.8, 4) is 5.75 Å². The number of carbonyl (C=O) groups excluding carboxylic acids is 1. The Hall–Kier alpha value is -3.09. The van der Waals surface area contributed by atoms with Gasteiger partial charge in [-0.25, -0.2) is 0 Å². The van der Waals surface area contributed by atoms with Crippen molar-refractivity contribution in [2.75, 3.05) is 12.4 Å². The number of nitrogens with zero attached hydrogens (tertiary/aromatic N) is 1. The molecule has 22 heavy (non-hydrogen) atoms. The van der Waals surface area contributed by atoms with Gasteiger partial charge in [-0.2, -0.15) is 0 Å². The van der Waals surface area contributed by atoms with Gasteiger partial charge in [0.1, 0.15) is 17.1 Å². The molecule has 0 aliphatic carbocycles. The smallest absolute Gasteiger partial charge is 0.230 e. The Morgan fingerprint density at radius 2 is 2.27 bits per heavy atom. The highest BCUT2D eigenvalue weighted by Gasteiger charge is 2.14. The number of pyridine rings is 1. The van der Waals surface area contributed by atoms with Crippen LogP contribution in [0.25, 0.3) is 11.0 Å². The predicted octanol–water partition coefficient (Wildman–Crippen LogP) is 1.71. The molecule has 7 heteroatoms. The van der Waals surface area contributed by atoms with E-state index in [4.69, 9.17) is 9.26 Å². The van der Waals surface area contributed by atoms with Crippen LogP contribution in [0.4, 0.5) is 5.69 Å². The van der Waals surface area contributed by atoms with E-state index in [0.29, 0.717) is 22.4 Å². The van der Waals surface area contributed by atoms with Gasteiger partial charge in [-0.15, -0.1) is 0 Å². The lowest BCUT2D eigenvalue weighted by atomic mass is 10.1. The number of aromatic amines is 1. The minimum Gasteiger partial charge on any atom is -0.497 e. The number of aromatic nitrogens is 2. The standard InChI is InChI=1S/C15H13N3O4/c1-21-9-2-3-14-10(6-9)11(18-22-14)7-15(20)17-12-8-16-5-4-13(12)19/h2-6,8H,7H2,1H3,(H,16,19)(H,17,20). The lowest BCUT2D eigenvalue weighted by Crippen LogP contribution is -2.19. The third kappa shape index (κ3) is 2.69. The van der Waals surface area contributed by atoms with Gasteiger partial charge >= 0.3 is 0 Å². The van der Waals surface area contributed by atoms with E-state index in [1.54, 1.807) is 25.3 Å². The Morgan fingerprint density at radius 1 is 1.41 bits per heavy atom. The van der Waals surface area contributed by atoms with E-state index < -0.39 is 0 Å². The van der Waals surface area contributed by atoms with Gasteiger partial charge in [0.05, 0.1) is 13.5 Å². The highest BCUT2D eigenvalue weighted by molar-refractivity contribution is 5.94. The van der Waals surface area contributed by atoms with Gasteiger partial charge in [0.15, 0.2) is 5.58 Å². The zero-order valence-corrected chi connectivity index (χ0v) is 11.8. The quantitative estimate of drug-likeness (QED) is 0.764. The fraction of sp³-hybridized carbons (Fsp3) is 0.133. The average Bonchev–Trinajstić information content (AvgIpc) is 2.91. The van der Waals surface area contributed by atoms with Gasteiger partial charge in [-0.05, 0) is 18.2 Å². The summed E-state index contributed by atoms with van der Waals surface area (Å²) in [5, 5.41) is 7.15. The first-order valence-electron chi connectivity index (χ1n) is 6.56. The van der Waals surface area contributed by atoms with Crippen molar-refractivity contribution in [2.24, 2.45) is 0 Å². The number of anilines is 1. The van der Waals surface area contributed by atoms with Crippen LogP contribution in [0.5, 0.6) is 5.75 Å². The van der Waals surface area contributed by atoms with Crippen molar-refractivity contribution >= 4 is 22.6 Å². The molecule has 0 spiro atoms. The predicted molar refractivity (Wildman–Crippen MR) is 80.0 cm³/mol. The second-order valence-electron chi connectivity index (χ2n) is 4.64. The summed E-state index contributed by atoms with van der Waals surface area (Å²) in [4.78, 5) is 26.4. The second kappa shape index (κ2) is 5.72. The number of hydrogen-bond donors (Lipinski definition) is 2. The summed E-state index contributed by atoms with van der Waals surface area (Å²) in [6.45, 7) is 0. The highest BCUT2D eigenvalue weighted by atomic mass is 16.5. The van der Waals surface area contributed by atoms with Crippen molar-refractivity contribution < 1.29 is 14.1 Å². The van der Waals surface area contributed by atoms with Crippen LogP contribution in [-0.2, 0) is 11.2 Å². The molecule has 112 valence electrons. The SMILES string of the molecule is COc1ccc2onc(CC(=O)Nc3c[nH]ccc3=O)c2c1. The molecule has 0 saturated heterocycles. The van der Waals surface area contributed by atoms with Crippen LogP contribution in [0, 0.1) is 0 Å². The molecule has 3 aromatic rings. The number of ether oxygens (including phenoxy) is 1. The van der Waals surface area contributed by atoms with Crippen molar-refractivity contribution in [3.63, 3.8) is 0 Å². The van der Waals surface area contributed by atoms with Crippen LogP contribution in [0.2, 0.25) is 0 Å². The summed E-state index contributed by atoms with van der Waals surface area (Å²) in [6, 6.07) is 6.57. The molecule has 1 amide bonds. The van der Waals surface area contributed by atoms with Crippen molar-refractivity contribution in [1.29, 1.82) is 0 Å². The van der Waals surface area contributed by atoms with Gasteiger partial charge in [0.25, 0.3) is 0 Å². The number of methoxy groups -OCH3 is 1. The molecule has 2 N–H and O–H groups in total. The number of carbonyl (C=O) groups is 1. The number of rotatable bonds is 4. The van der Waals surface area contributed by atoms with E-state index in [9.17, 15) is 9.59 Å². The van der Waals surface area contributed by atoms with Crippen LogP contribution in [0.1, 0.15) is 5.69 Å². The summed E-state index contributed by atoms with van der Waals surface area (Å²) >= 11 is 0. The van der Waals surface area contributed by atoms with E-state index in [-0.39, 0.29) is 23.4 Å². The Morgan fingerprint density at radius 3 is 3.05 bits per heavy atom. The van der Waals surface area contributed by atoms with Gasteiger partial charge in [-0.3, -0.25) is 9.59 Å². The van der Waals surface area contributed by atoms with Crippen LogP contribution in [-0.4, -0.2) is 23.2 Å². The highest BCUT2D eigenvalue weighted by Crippen LogP contribution is 2.24. The molecule has 7 nitrogen and oxygen atoms in total. The number of fused-ring (bicyclic) bond motifs is 1. The lowest BCUT2D eigenvalue weighted by Gasteiger charge is -2.03. The van der Waals surface area contributed by atoms with Gasteiger partial charge in [0, 0.05) is 23.8 Å². The maximum absolute atomic E-state index is 12.1. The first-order chi connectivity index (χ1) is 10.7. The lowest BCUT2D eigenvalue weighted by molar-refractivity contribution is -0.115. The van der Waals surface area contributed by atoms with E-state index in [1.807, 2.05) is 0 Å². The Labute approximate surface area is 124 Å². The third-order valence-corrected chi connectivity index (χ3v) is 3.18. The molecular formula is C15H13N3O4. The summed E-state index contributed by atoms with van der Waals surface area (Å²) in [5.74, 6) is 0.298. The molecule has 0 fully saturated rings. The number of H-pyrrole nitrogens is 1. The topological polar surface area (TPSA) is 97.2 Å². The fourth-order valence-electron chi connectivity index (χ4n) is 2.08. The van der Waals surface area contributed by atoms with Crippen LogP contribution < -0.4 is 15.5 Å². The van der Waals surface area contributed by atoms with Crippen molar-refractivity contribution in [3.05, 3.63) is 52.6 Å². The third-order valence-electron chi connectivity index (χ3n) is 3.18. The molecule has 0 aliphatic heterocycles. The molecular weight excluding hydrogens is 286 g/mol. The number of amides is 1. The summed E-state index contributed by atoms with van der Waals surface area (Å²) in [7, 11) is 1.56. The molecule has 2 aromatic heterocycles. The van der Waals surface area contributed by atoms with E-state index in [1.165, 1.54) is 18.5 Å². The summed E-state index contributed by atoms with van der Waals surface area (Å²) in [6.07, 6.45) is 2.92. The zero-order chi connectivity index (χ0) is 15.5. The molecule has 0 saturated carbocycles. The first kappa shape index (κ1) is 13.9. The van der Waals surface area contributed by atoms with Crippen LogP contribution >= 0.6 is 0 Å². The Kier molecular flexibility index (Phi) is 3.61. The van der Waals surface area contributed by atoms with Gasteiger partial charge in [0.2, 0.25) is 11.3 Å². The minimum absolute atomic E-state index is 0.00545. The van der Waals surface area contributed by atoms with E-state index in [2.05, 4.69) is 15.5 Å². The van der Waals surface area contributed by atoms with Crippen LogP contribution in [0.15, 0.2) is 46.0 Å². The average molecular weight is 299 g/mol. The molecule has 0 unspecified atom stereocenters. The molecule has 0 aliphatic rings. The number of benzene rings is 1. The normalized spacial score (nSPS) is 10.6. The molecule has 0 bridgehead atoms. The molecule has 0 atom stereocenters. The minimum atomic E-state index is -0.352. The second-order valence-corrected chi connectivity index (χ2v) is 4.64. The number of hydrogen-bond acceptors (Lipinski definition) is 5. The largest absolute Gasteiger partial charge is 0.497 e. The Bertz CT molecular complexity index is 882. The van der Waals surface area contributed by atoms with Gasteiger partial charge < -0.3 is 19.6 Å². The molecule has 1 aromatic carbocycles. The monoisotopic (exact) mass is 299 g/mol. The zero-order valence-electron chi connectivity index (χ0n) is 11.8. The number of nitrogens with one attached hydrogen (secondary N) is 2. The van der Waals surface area contributed by atoms with Crippen LogP contribution in [0.3, 0.4) is 0 Å².